The van der Waals surface area contributed by atoms with E-state index in [2.05, 4.69) is 11.8 Å². The number of hydrogen-bond donors (Lipinski definition) is 0. The number of piperazine rings is 1. The normalized spacial score (nSPS) is 18.8. The zero-order valence-electron chi connectivity index (χ0n) is 11.0. The van der Waals surface area contributed by atoms with Gasteiger partial charge in [-0.1, -0.05) is 24.9 Å². The van der Waals surface area contributed by atoms with Crippen molar-refractivity contribution in [3.05, 3.63) is 16.5 Å². The van der Waals surface area contributed by atoms with E-state index in [4.69, 9.17) is 11.6 Å². The summed E-state index contributed by atoms with van der Waals surface area (Å²) in [6.45, 7) is 6.01. The Labute approximate surface area is 124 Å². The van der Waals surface area contributed by atoms with Gasteiger partial charge in [-0.3, -0.25) is 0 Å². The molecule has 0 amide bonds. The average molecular weight is 323 g/mol. The molecule has 2 heterocycles. The second-order valence-corrected chi connectivity index (χ2v) is 8.54. The first-order chi connectivity index (χ1) is 9.04. The highest BCUT2D eigenvalue weighted by atomic mass is 35.5. The summed E-state index contributed by atoms with van der Waals surface area (Å²) in [5, 5.41) is 0. The van der Waals surface area contributed by atoms with Gasteiger partial charge in [-0.2, -0.15) is 4.31 Å². The lowest BCUT2D eigenvalue weighted by Gasteiger charge is -2.33. The highest BCUT2D eigenvalue weighted by molar-refractivity contribution is 7.91. The van der Waals surface area contributed by atoms with Gasteiger partial charge in [0.1, 0.15) is 4.21 Å². The average Bonchev–Trinajstić information content (AvgIpc) is 2.84. The zero-order valence-corrected chi connectivity index (χ0v) is 13.4. The number of halogens is 1. The molecular weight excluding hydrogens is 304 g/mol. The number of rotatable bonds is 5. The predicted octanol–water partition coefficient (Wildman–Crippen LogP) is 2.51. The molecule has 0 radical (unpaired) electrons. The van der Waals surface area contributed by atoms with E-state index >= 15 is 0 Å². The van der Waals surface area contributed by atoms with Crippen molar-refractivity contribution < 1.29 is 8.42 Å². The Kier molecular flexibility index (Phi) is 5.25. The SMILES string of the molecule is CCCCN1CCN(S(=O)(=O)c2ccc(Cl)s2)CC1. The van der Waals surface area contributed by atoms with Crippen molar-refractivity contribution in [1.82, 2.24) is 9.21 Å². The Morgan fingerprint density at radius 3 is 2.47 bits per heavy atom. The Balaban J connectivity index is 1.97. The van der Waals surface area contributed by atoms with Crippen molar-refractivity contribution >= 4 is 33.0 Å². The van der Waals surface area contributed by atoms with E-state index in [0.717, 1.165) is 31.0 Å². The minimum atomic E-state index is -3.34. The van der Waals surface area contributed by atoms with Crippen molar-refractivity contribution in [3.8, 4) is 0 Å². The Hall–Kier alpha value is -0.140. The fourth-order valence-corrected chi connectivity index (χ4v) is 5.20. The van der Waals surface area contributed by atoms with Gasteiger partial charge in [-0.15, -0.1) is 11.3 Å². The van der Waals surface area contributed by atoms with Gasteiger partial charge in [0.15, 0.2) is 0 Å². The zero-order chi connectivity index (χ0) is 13.9. The highest BCUT2D eigenvalue weighted by Crippen LogP contribution is 2.28. The van der Waals surface area contributed by atoms with Crippen LogP contribution >= 0.6 is 22.9 Å². The molecule has 1 saturated heterocycles. The summed E-state index contributed by atoms with van der Waals surface area (Å²) in [5.41, 5.74) is 0. The van der Waals surface area contributed by atoms with Gasteiger partial charge in [0.05, 0.1) is 4.34 Å². The van der Waals surface area contributed by atoms with Crippen LogP contribution in [-0.2, 0) is 10.0 Å². The molecule has 0 spiro atoms. The van der Waals surface area contributed by atoms with E-state index in [1.54, 1.807) is 16.4 Å². The van der Waals surface area contributed by atoms with Crippen LogP contribution in [-0.4, -0.2) is 50.3 Å². The van der Waals surface area contributed by atoms with Gasteiger partial charge < -0.3 is 4.90 Å². The monoisotopic (exact) mass is 322 g/mol. The lowest BCUT2D eigenvalue weighted by molar-refractivity contribution is 0.186. The van der Waals surface area contributed by atoms with Gasteiger partial charge >= 0.3 is 0 Å². The van der Waals surface area contributed by atoms with Crippen LogP contribution in [0.3, 0.4) is 0 Å². The molecule has 1 aromatic rings. The number of hydrogen-bond acceptors (Lipinski definition) is 4. The summed E-state index contributed by atoms with van der Waals surface area (Å²) >= 11 is 6.94. The van der Waals surface area contributed by atoms with Crippen LogP contribution < -0.4 is 0 Å². The lowest BCUT2D eigenvalue weighted by atomic mass is 10.3. The quantitative estimate of drug-likeness (QED) is 0.836. The standard InChI is InChI=1S/C12H19ClN2O2S2/c1-2-3-6-14-7-9-15(10-8-14)19(16,17)12-5-4-11(13)18-12/h4-5H,2-3,6-10H2,1H3. The van der Waals surface area contributed by atoms with E-state index < -0.39 is 10.0 Å². The number of sulfonamides is 1. The summed E-state index contributed by atoms with van der Waals surface area (Å²) in [6.07, 6.45) is 2.35. The Morgan fingerprint density at radius 1 is 1.26 bits per heavy atom. The van der Waals surface area contributed by atoms with Gasteiger partial charge in [0, 0.05) is 26.2 Å². The second kappa shape index (κ2) is 6.54. The van der Waals surface area contributed by atoms with Gasteiger partial charge in [-0.25, -0.2) is 8.42 Å². The van der Waals surface area contributed by atoms with E-state index in [1.807, 2.05) is 0 Å². The van der Waals surface area contributed by atoms with Crippen LogP contribution in [0.4, 0.5) is 0 Å². The molecule has 0 aromatic carbocycles. The maximum absolute atomic E-state index is 12.4. The first-order valence-corrected chi connectivity index (χ1v) is 9.15. The van der Waals surface area contributed by atoms with Gasteiger partial charge in [-0.05, 0) is 25.1 Å². The van der Waals surface area contributed by atoms with Crippen LogP contribution in [0.25, 0.3) is 0 Å². The highest BCUT2D eigenvalue weighted by Gasteiger charge is 2.29. The predicted molar refractivity (Wildman–Crippen MR) is 79.4 cm³/mol. The lowest BCUT2D eigenvalue weighted by Crippen LogP contribution is -2.48. The molecule has 1 aromatic heterocycles. The summed E-state index contributed by atoms with van der Waals surface area (Å²) in [6, 6.07) is 3.22. The molecular formula is C12H19ClN2O2S2. The van der Waals surface area contributed by atoms with Crippen molar-refractivity contribution in [3.63, 3.8) is 0 Å². The summed E-state index contributed by atoms with van der Waals surface area (Å²) in [5.74, 6) is 0. The number of thiophene rings is 1. The maximum atomic E-state index is 12.4. The molecule has 0 aliphatic carbocycles. The summed E-state index contributed by atoms with van der Waals surface area (Å²) < 4.78 is 27.2. The topological polar surface area (TPSA) is 40.6 Å². The third kappa shape index (κ3) is 3.70. The van der Waals surface area contributed by atoms with Crippen molar-refractivity contribution in [2.45, 2.75) is 24.0 Å². The van der Waals surface area contributed by atoms with Crippen LogP contribution in [0.2, 0.25) is 4.34 Å². The van der Waals surface area contributed by atoms with E-state index in [9.17, 15) is 8.42 Å². The molecule has 0 atom stereocenters. The summed E-state index contributed by atoms with van der Waals surface area (Å²) in [4.78, 5) is 2.33. The Morgan fingerprint density at radius 2 is 1.95 bits per heavy atom. The molecule has 4 nitrogen and oxygen atoms in total. The minimum absolute atomic E-state index is 0.347. The minimum Gasteiger partial charge on any atom is -0.301 e. The third-order valence-electron chi connectivity index (χ3n) is 3.30. The van der Waals surface area contributed by atoms with Crippen molar-refractivity contribution in [1.29, 1.82) is 0 Å². The molecule has 7 heteroatoms. The molecule has 1 fully saturated rings. The first-order valence-electron chi connectivity index (χ1n) is 6.52. The smallest absolute Gasteiger partial charge is 0.252 e. The van der Waals surface area contributed by atoms with Gasteiger partial charge in [0.2, 0.25) is 0 Å². The van der Waals surface area contributed by atoms with E-state index in [1.165, 1.54) is 12.8 Å². The van der Waals surface area contributed by atoms with Crippen molar-refractivity contribution in [2.75, 3.05) is 32.7 Å². The van der Waals surface area contributed by atoms with Crippen LogP contribution in [0, 0.1) is 0 Å². The number of unbranched alkanes of at least 4 members (excludes halogenated alkanes) is 1. The molecule has 1 aliphatic rings. The van der Waals surface area contributed by atoms with Crippen LogP contribution in [0.1, 0.15) is 19.8 Å². The molecule has 0 unspecified atom stereocenters. The molecule has 0 saturated carbocycles. The third-order valence-corrected chi connectivity index (χ3v) is 6.90. The second-order valence-electron chi connectivity index (χ2n) is 4.66. The molecule has 1 aliphatic heterocycles. The molecule has 108 valence electrons. The molecule has 0 N–H and O–H groups in total. The fraction of sp³-hybridized carbons (Fsp3) is 0.667. The fourth-order valence-electron chi connectivity index (χ4n) is 2.14. The number of nitrogens with zero attached hydrogens (tertiary/aromatic N) is 2. The first kappa shape index (κ1) is 15.3. The molecule has 2 rings (SSSR count). The molecule has 0 bridgehead atoms. The van der Waals surface area contributed by atoms with E-state index in [-0.39, 0.29) is 0 Å². The van der Waals surface area contributed by atoms with Crippen LogP contribution in [0.5, 0.6) is 0 Å². The van der Waals surface area contributed by atoms with Crippen molar-refractivity contribution in [2.24, 2.45) is 0 Å². The van der Waals surface area contributed by atoms with E-state index in [0.29, 0.717) is 21.6 Å². The summed E-state index contributed by atoms with van der Waals surface area (Å²) in [7, 11) is -3.34. The maximum Gasteiger partial charge on any atom is 0.252 e. The largest absolute Gasteiger partial charge is 0.301 e. The van der Waals surface area contributed by atoms with Crippen LogP contribution in [0.15, 0.2) is 16.3 Å². The Bertz CT molecular complexity index is 508. The molecule has 19 heavy (non-hydrogen) atoms. The van der Waals surface area contributed by atoms with Gasteiger partial charge in [0.25, 0.3) is 10.0 Å².